The van der Waals surface area contributed by atoms with Crippen molar-refractivity contribution in [1.82, 2.24) is 4.90 Å². The van der Waals surface area contributed by atoms with Gasteiger partial charge in [0.2, 0.25) is 0 Å². The lowest BCUT2D eigenvalue weighted by atomic mass is 10.1. The summed E-state index contributed by atoms with van der Waals surface area (Å²) in [5.41, 5.74) is 8.12. The summed E-state index contributed by atoms with van der Waals surface area (Å²) in [7, 11) is 2.05. The Morgan fingerprint density at radius 2 is 2.18 bits per heavy atom. The summed E-state index contributed by atoms with van der Waals surface area (Å²) in [6, 6.07) is 4.12. The molecule has 2 aromatic heterocycles. The number of rotatable bonds is 5. The van der Waals surface area contributed by atoms with E-state index in [4.69, 9.17) is 14.6 Å². The minimum atomic E-state index is 0.169. The van der Waals surface area contributed by atoms with E-state index in [-0.39, 0.29) is 6.04 Å². The van der Waals surface area contributed by atoms with Crippen LogP contribution in [0.2, 0.25) is 0 Å². The molecule has 0 fully saturated rings. The van der Waals surface area contributed by atoms with E-state index in [2.05, 4.69) is 11.9 Å². The third-order valence-corrected chi connectivity index (χ3v) is 3.07. The highest BCUT2D eigenvalue weighted by Crippen LogP contribution is 2.21. The molecule has 0 amide bonds. The first-order chi connectivity index (χ1) is 8.22. The molecule has 2 aromatic rings. The van der Waals surface area contributed by atoms with Crippen molar-refractivity contribution in [3.05, 3.63) is 47.8 Å². The average molecular weight is 234 g/mol. The van der Waals surface area contributed by atoms with Gasteiger partial charge in [-0.15, -0.1) is 0 Å². The second-order valence-corrected chi connectivity index (χ2v) is 4.23. The van der Waals surface area contributed by atoms with Gasteiger partial charge in [0.05, 0.1) is 24.8 Å². The molecule has 0 bridgehead atoms. The van der Waals surface area contributed by atoms with Crippen molar-refractivity contribution in [3.8, 4) is 0 Å². The Kier molecular flexibility index (Phi) is 3.66. The molecule has 0 spiro atoms. The molecule has 4 heteroatoms. The molecule has 0 saturated carbocycles. The van der Waals surface area contributed by atoms with Crippen molar-refractivity contribution in [2.75, 3.05) is 13.6 Å². The molecular formula is C13H18N2O2. The smallest absolute Gasteiger partial charge is 0.105 e. The predicted octanol–water partition coefficient (Wildman–Crippen LogP) is 2.31. The summed E-state index contributed by atoms with van der Waals surface area (Å²) < 4.78 is 10.4. The van der Waals surface area contributed by atoms with Crippen LogP contribution in [0.4, 0.5) is 0 Å². The molecule has 2 rings (SSSR count). The summed E-state index contributed by atoms with van der Waals surface area (Å²) in [6.45, 7) is 3.35. The number of nitrogens with two attached hydrogens (primary N) is 1. The number of aryl methyl sites for hydroxylation is 1. The van der Waals surface area contributed by atoms with E-state index in [1.54, 1.807) is 18.8 Å². The topological polar surface area (TPSA) is 55.5 Å². The van der Waals surface area contributed by atoms with Crippen molar-refractivity contribution < 1.29 is 8.83 Å². The van der Waals surface area contributed by atoms with Crippen LogP contribution >= 0.6 is 0 Å². The van der Waals surface area contributed by atoms with Gasteiger partial charge in [0.25, 0.3) is 0 Å². The van der Waals surface area contributed by atoms with Crippen LogP contribution in [0.3, 0.4) is 0 Å². The fourth-order valence-electron chi connectivity index (χ4n) is 1.99. The van der Waals surface area contributed by atoms with Gasteiger partial charge in [-0.1, -0.05) is 0 Å². The van der Waals surface area contributed by atoms with E-state index in [1.165, 1.54) is 5.56 Å². The number of likely N-dealkylation sites (N-methyl/N-ethyl adjacent to an activating group) is 1. The van der Waals surface area contributed by atoms with Crippen molar-refractivity contribution in [2.45, 2.75) is 19.5 Å². The summed E-state index contributed by atoms with van der Waals surface area (Å²) >= 11 is 0. The monoisotopic (exact) mass is 234 g/mol. The van der Waals surface area contributed by atoms with Crippen LogP contribution in [-0.4, -0.2) is 18.5 Å². The van der Waals surface area contributed by atoms with Gasteiger partial charge in [-0.2, -0.15) is 0 Å². The number of nitrogens with zero attached hydrogens (tertiary/aromatic N) is 1. The molecule has 4 nitrogen and oxygen atoms in total. The van der Waals surface area contributed by atoms with E-state index < -0.39 is 0 Å². The van der Waals surface area contributed by atoms with Crippen LogP contribution in [0.1, 0.15) is 22.9 Å². The quantitative estimate of drug-likeness (QED) is 0.862. The Balaban J connectivity index is 2.08. The molecule has 17 heavy (non-hydrogen) atoms. The predicted molar refractivity (Wildman–Crippen MR) is 65.4 cm³/mol. The standard InChI is InChI=1S/C13H18N2O2/c1-10-11(4-6-17-10)8-15(2)13(7-14)12-3-5-16-9-12/h3-6,9,13H,7-8,14H2,1-2H3. The Labute approximate surface area is 101 Å². The van der Waals surface area contributed by atoms with Crippen molar-refractivity contribution in [3.63, 3.8) is 0 Å². The Hall–Kier alpha value is -1.52. The zero-order valence-corrected chi connectivity index (χ0v) is 10.2. The largest absolute Gasteiger partial charge is 0.472 e. The maximum Gasteiger partial charge on any atom is 0.105 e. The fraction of sp³-hybridized carbons (Fsp3) is 0.385. The minimum Gasteiger partial charge on any atom is -0.472 e. The molecule has 0 aromatic carbocycles. The lowest BCUT2D eigenvalue weighted by molar-refractivity contribution is 0.239. The summed E-state index contributed by atoms with van der Waals surface area (Å²) in [5, 5.41) is 0. The van der Waals surface area contributed by atoms with Gasteiger partial charge in [0.15, 0.2) is 0 Å². The van der Waals surface area contributed by atoms with E-state index in [0.717, 1.165) is 17.9 Å². The first-order valence-corrected chi connectivity index (χ1v) is 5.67. The molecule has 0 saturated heterocycles. The van der Waals surface area contributed by atoms with Crippen molar-refractivity contribution in [1.29, 1.82) is 0 Å². The minimum absolute atomic E-state index is 0.169. The highest BCUT2D eigenvalue weighted by atomic mass is 16.3. The zero-order chi connectivity index (χ0) is 12.3. The first kappa shape index (κ1) is 12.0. The highest BCUT2D eigenvalue weighted by Gasteiger charge is 2.17. The second kappa shape index (κ2) is 5.21. The second-order valence-electron chi connectivity index (χ2n) is 4.23. The van der Waals surface area contributed by atoms with Gasteiger partial charge < -0.3 is 14.6 Å². The lowest BCUT2D eigenvalue weighted by Crippen LogP contribution is -2.29. The van der Waals surface area contributed by atoms with Crippen LogP contribution in [0.25, 0.3) is 0 Å². The summed E-state index contributed by atoms with van der Waals surface area (Å²) in [5.74, 6) is 0.958. The SMILES string of the molecule is Cc1occc1CN(C)C(CN)c1ccoc1. The molecule has 92 valence electrons. The van der Waals surface area contributed by atoms with Gasteiger partial charge in [-0.05, 0) is 26.1 Å². The molecule has 1 unspecified atom stereocenters. The lowest BCUT2D eigenvalue weighted by Gasteiger charge is -2.25. The van der Waals surface area contributed by atoms with Crippen LogP contribution < -0.4 is 5.73 Å². The van der Waals surface area contributed by atoms with E-state index in [9.17, 15) is 0 Å². The molecule has 0 aliphatic rings. The first-order valence-electron chi connectivity index (χ1n) is 5.67. The average Bonchev–Trinajstić information content (AvgIpc) is 2.93. The molecule has 0 aliphatic heterocycles. The van der Waals surface area contributed by atoms with E-state index in [1.807, 2.05) is 19.1 Å². The zero-order valence-electron chi connectivity index (χ0n) is 10.2. The van der Waals surface area contributed by atoms with Crippen molar-refractivity contribution in [2.24, 2.45) is 5.73 Å². The summed E-state index contributed by atoms with van der Waals surface area (Å²) in [4.78, 5) is 2.20. The van der Waals surface area contributed by atoms with Crippen LogP contribution in [0.15, 0.2) is 39.8 Å². The third kappa shape index (κ3) is 2.60. The van der Waals surface area contributed by atoms with Gasteiger partial charge >= 0.3 is 0 Å². The molecule has 0 radical (unpaired) electrons. The van der Waals surface area contributed by atoms with Crippen molar-refractivity contribution >= 4 is 0 Å². The van der Waals surface area contributed by atoms with Crippen LogP contribution in [-0.2, 0) is 6.54 Å². The normalized spacial score (nSPS) is 13.2. The Morgan fingerprint density at radius 1 is 1.35 bits per heavy atom. The number of hydrogen-bond acceptors (Lipinski definition) is 4. The van der Waals surface area contributed by atoms with Gasteiger partial charge in [0.1, 0.15) is 5.76 Å². The maximum absolute atomic E-state index is 5.83. The Morgan fingerprint density at radius 3 is 2.71 bits per heavy atom. The van der Waals surface area contributed by atoms with Gasteiger partial charge in [-0.3, -0.25) is 4.90 Å². The molecule has 2 N–H and O–H groups in total. The Bertz CT molecular complexity index is 448. The molecule has 1 atom stereocenters. The van der Waals surface area contributed by atoms with Gasteiger partial charge in [-0.25, -0.2) is 0 Å². The van der Waals surface area contributed by atoms with Crippen LogP contribution in [0, 0.1) is 6.92 Å². The summed E-state index contributed by atoms with van der Waals surface area (Å²) in [6.07, 6.45) is 5.14. The molecular weight excluding hydrogens is 216 g/mol. The maximum atomic E-state index is 5.83. The highest BCUT2D eigenvalue weighted by molar-refractivity contribution is 5.17. The van der Waals surface area contributed by atoms with E-state index in [0.29, 0.717) is 6.54 Å². The van der Waals surface area contributed by atoms with E-state index >= 15 is 0 Å². The number of furan rings is 2. The molecule has 0 aliphatic carbocycles. The number of hydrogen-bond donors (Lipinski definition) is 1. The molecule has 2 heterocycles. The third-order valence-electron chi connectivity index (χ3n) is 3.07. The van der Waals surface area contributed by atoms with Gasteiger partial charge in [0, 0.05) is 24.2 Å². The van der Waals surface area contributed by atoms with Crippen LogP contribution in [0.5, 0.6) is 0 Å². The fourth-order valence-corrected chi connectivity index (χ4v) is 1.99.